The number of hydrogen-bond acceptors (Lipinski definition) is 4. The first-order valence-electron chi connectivity index (χ1n) is 4.62. The summed E-state index contributed by atoms with van der Waals surface area (Å²) in [5.41, 5.74) is 0. The standard InChI is InChI=1S/C10H17N3S/c1-8-11-6-5-9(13-8)12-7-10(2,3)14-4/h5-6H,7H2,1-4H3,(H,11,12,13). The molecule has 1 heterocycles. The van der Waals surface area contributed by atoms with E-state index in [9.17, 15) is 0 Å². The molecule has 0 fully saturated rings. The van der Waals surface area contributed by atoms with Crippen molar-refractivity contribution in [1.82, 2.24) is 9.97 Å². The molecule has 0 radical (unpaired) electrons. The molecule has 0 aliphatic rings. The van der Waals surface area contributed by atoms with Gasteiger partial charge in [-0.3, -0.25) is 0 Å². The van der Waals surface area contributed by atoms with Gasteiger partial charge in [0.15, 0.2) is 0 Å². The highest BCUT2D eigenvalue weighted by molar-refractivity contribution is 7.99. The first kappa shape index (κ1) is 11.3. The van der Waals surface area contributed by atoms with Gasteiger partial charge < -0.3 is 5.32 Å². The van der Waals surface area contributed by atoms with Crippen LogP contribution in [0.3, 0.4) is 0 Å². The Bertz CT molecular complexity index is 299. The van der Waals surface area contributed by atoms with Gasteiger partial charge in [-0.2, -0.15) is 11.8 Å². The molecule has 0 atom stereocenters. The van der Waals surface area contributed by atoms with Crippen molar-refractivity contribution < 1.29 is 0 Å². The van der Waals surface area contributed by atoms with Crippen LogP contribution in [0.15, 0.2) is 12.3 Å². The molecule has 14 heavy (non-hydrogen) atoms. The maximum absolute atomic E-state index is 4.28. The van der Waals surface area contributed by atoms with E-state index in [0.29, 0.717) is 0 Å². The molecule has 4 heteroatoms. The van der Waals surface area contributed by atoms with Gasteiger partial charge in [-0.25, -0.2) is 9.97 Å². The minimum Gasteiger partial charge on any atom is -0.369 e. The summed E-state index contributed by atoms with van der Waals surface area (Å²) in [6, 6.07) is 1.89. The normalized spacial score (nSPS) is 11.4. The Hall–Kier alpha value is -0.770. The lowest BCUT2D eigenvalue weighted by molar-refractivity contribution is 0.749. The summed E-state index contributed by atoms with van der Waals surface area (Å²) in [6.07, 6.45) is 3.89. The van der Waals surface area contributed by atoms with Gasteiger partial charge in [-0.15, -0.1) is 0 Å². The van der Waals surface area contributed by atoms with E-state index in [0.717, 1.165) is 18.2 Å². The van der Waals surface area contributed by atoms with E-state index < -0.39 is 0 Å². The summed E-state index contributed by atoms with van der Waals surface area (Å²) in [5.74, 6) is 1.71. The van der Waals surface area contributed by atoms with Crippen LogP contribution < -0.4 is 5.32 Å². The van der Waals surface area contributed by atoms with Crippen LogP contribution in [-0.2, 0) is 0 Å². The third-order valence-electron chi connectivity index (χ3n) is 2.02. The molecule has 1 aromatic heterocycles. The topological polar surface area (TPSA) is 37.8 Å². The van der Waals surface area contributed by atoms with Crippen LogP contribution in [0, 0.1) is 6.92 Å². The number of thioether (sulfide) groups is 1. The van der Waals surface area contributed by atoms with Crippen molar-refractivity contribution in [2.75, 3.05) is 18.1 Å². The summed E-state index contributed by atoms with van der Waals surface area (Å²) in [7, 11) is 0. The van der Waals surface area contributed by atoms with Crippen LogP contribution in [0.5, 0.6) is 0 Å². The summed E-state index contributed by atoms with van der Waals surface area (Å²) < 4.78 is 0.235. The van der Waals surface area contributed by atoms with Crippen molar-refractivity contribution in [3.8, 4) is 0 Å². The summed E-state index contributed by atoms with van der Waals surface area (Å²) in [4.78, 5) is 8.33. The molecular weight excluding hydrogens is 194 g/mol. The first-order valence-corrected chi connectivity index (χ1v) is 5.85. The second-order valence-electron chi connectivity index (χ2n) is 3.81. The Morgan fingerprint density at radius 1 is 1.50 bits per heavy atom. The molecule has 3 nitrogen and oxygen atoms in total. The van der Waals surface area contributed by atoms with Gasteiger partial charge in [0.25, 0.3) is 0 Å². The van der Waals surface area contributed by atoms with Gasteiger partial charge in [0.05, 0.1) is 0 Å². The van der Waals surface area contributed by atoms with Crippen LogP contribution in [0.2, 0.25) is 0 Å². The minimum atomic E-state index is 0.235. The molecule has 0 saturated heterocycles. The fourth-order valence-electron chi connectivity index (χ4n) is 0.930. The third kappa shape index (κ3) is 3.54. The van der Waals surface area contributed by atoms with Crippen molar-refractivity contribution in [1.29, 1.82) is 0 Å². The summed E-state index contributed by atoms with van der Waals surface area (Å²) in [5, 5.41) is 3.30. The zero-order valence-electron chi connectivity index (χ0n) is 9.16. The maximum Gasteiger partial charge on any atom is 0.129 e. The molecule has 1 N–H and O–H groups in total. The molecule has 0 unspecified atom stereocenters. The highest BCUT2D eigenvalue weighted by Crippen LogP contribution is 2.21. The molecule has 1 aromatic rings. The zero-order chi connectivity index (χ0) is 10.6. The Labute approximate surface area is 89.7 Å². The quantitative estimate of drug-likeness (QED) is 0.829. The fraction of sp³-hybridized carbons (Fsp3) is 0.600. The number of aromatic nitrogens is 2. The average molecular weight is 211 g/mol. The predicted octanol–water partition coefficient (Wildman–Crippen LogP) is 2.34. The van der Waals surface area contributed by atoms with Crippen LogP contribution in [0.4, 0.5) is 5.82 Å². The lowest BCUT2D eigenvalue weighted by Gasteiger charge is -2.22. The predicted molar refractivity (Wildman–Crippen MR) is 62.9 cm³/mol. The maximum atomic E-state index is 4.28. The molecule has 0 spiro atoms. The highest BCUT2D eigenvalue weighted by Gasteiger charge is 2.15. The van der Waals surface area contributed by atoms with Crippen LogP contribution >= 0.6 is 11.8 Å². The molecule has 0 amide bonds. The smallest absolute Gasteiger partial charge is 0.129 e. The largest absolute Gasteiger partial charge is 0.369 e. The second kappa shape index (κ2) is 4.64. The molecule has 0 aliphatic heterocycles. The number of anilines is 1. The van der Waals surface area contributed by atoms with Crippen molar-refractivity contribution in [3.63, 3.8) is 0 Å². The van der Waals surface area contributed by atoms with Crippen LogP contribution in [0.25, 0.3) is 0 Å². The SMILES string of the molecule is CSC(C)(C)CNc1ccnc(C)n1. The summed E-state index contributed by atoms with van der Waals surface area (Å²) >= 11 is 1.84. The third-order valence-corrected chi connectivity index (χ3v) is 3.27. The zero-order valence-corrected chi connectivity index (χ0v) is 9.98. The fourth-order valence-corrected chi connectivity index (χ4v) is 1.15. The number of nitrogens with zero attached hydrogens (tertiary/aromatic N) is 2. The van der Waals surface area contributed by atoms with Crippen molar-refractivity contribution in [3.05, 3.63) is 18.1 Å². The second-order valence-corrected chi connectivity index (χ2v) is 5.32. The van der Waals surface area contributed by atoms with Gasteiger partial charge in [-0.05, 0) is 33.1 Å². The average Bonchev–Trinajstić information content (AvgIpc) is 2.15. The number of rotatable bonds is 4. The van der Waals surface area contributed by atoms with Crippen LogP contribution in [-0.4, -0.2) is 27.5 Å². The van der Waals surface area contributed by atoms with E-state index in [2.05, 4.69) is 35.4 Å². The van der Waals surface area contributed by atoms with E-state index >= 15 is 0 Å². The van der Waals surface area contributed by atoms with Crippen LogP contribution in [0.1, 0.15) is 19.7 Å². The van der Waals surface area contributed by atoms with E-state index in [1.165, 1.54) is 0 Å². The molecule has 1 rings (SSSR count). The molecule has 0 aliphatic carbocycles. The number of nitrogens with one attached hydrogen (secondary N) is 1. The van der Waals surface area contributed by atoms with E-state index in [1.807, 2.05) is 24.8 Å². The van der Waals surface area contributed by atoms with E-state index in [-0.39, 0.29) is 4.75 Å². The van der Waals surface area contributed by atoms with Crippen molar-refractivity contribution in [2.24, 2.45) is 0 Å². The van der Waals surface area contributed by atoms with Gasteiger partial charge in [0.1, 0.15) is 11.6 Å². The molecule has 0 saturated carbocycles. The monoisotopic (exact) mass is 211 g/mol. The molecule has 0 bridgehead atoms. The van der Waals surface area contributed by atoms with Gasteiger partial charge in [0.2, 0.25) is 0 Å². The van der Waals surface area contributed by atoms with E-state index in [4.69, 9.17) is 0 Å². The molecule has 0 aromatic carbocycles. The Morgan fingerprint density at radius 2 is 2.21 bits per heavy atom. The highest BCUT2D eigenvalue weighted by atomic mass is 32.2. The summed E-state index contributed by atoms with van der Waals surface area (Å²) in [6.45, 7) is 7.22. The minimum absolute atomic E-state index is 0.235. The Morgan fingerprint density at radius 3 is 2.79 bits per heavy atom. The lowest BCUT2D eigenvalue weighted by atomic mass is 10.2. The molecule has 78 valence electrons. The van der Waals surface area contributed by atoms with Gasteiger partial charge >= 0.3 is 0 Å². The number of hydrogen-bond donors (Lipinski definition) is 1. The lowest BCUT2D eigenvalue weighted by Crippen LogP contribution is -2.26. The van der Waals surface area contributed by atoms with Crippen molar-refractivity contribution in [2.45, 2.75) is 25.5 Å². The first-order chi connectivity index (χ1) is 6.53. The van der Waals surface area contributed by atoms with E-state index in [1.54, 1.807) is 6.20 Å². The van der Waals surface area contributed by atoms with Crippen molar-refractivity contribution >= 4 is 17.6 Å². The molecular formula is C10H17N3S. The Balaban J connectivity index is 2.54. The Kier molecular flexibility index (Phi) is 3.75. The number of aryl methyl sites for hydroxylation is 1. The van der Waals surface area contributed by atoms with Gasteiger partial charge in [0, 0.05) is 17.5 Å². The van der Waals surface area contributed by atoms with Gasteiger partial charge in [-0.1, -0.05) is 0 Å².